The Bertz CT molecular complexity index is 425. The number of benzene rings is 1. The van der Waals surface area contributed by atoms with E-state index in [0.717, 1.165) is 26.2 Å². The second kappa shape index (κ2) is 5.64. The Morgan fingerprint density at radius 1 is 1.05 bits per heavy atom. The quantitative estimate of drug-likeness (QED) is 0.878. The van der Waals surface area contributed by atoms with Gasteiger partial charge in [-0.3, -0.25) is 4.90 Å². The van der Waals surface area contributed by atoms with Crippen LogP contribution in [0.15, 0.2) is 18.2 Å². The van der Waals surface area contributed by atoms with Gasteiger partial charge < -0.3 is 5.32 Å². The lowest BCUT2D eigenvalue weighted by Gasteiger charge is -2.42. The number of aryl methyl sites for hydroxylation is 2. The first-order chi connectivity index (χ1) is 8.89. The van der Waals surface area contributed by atoms with E-state index in [1.165, 1.54) is 16.7 Å². The van der Waals surface area contributed by atoms with Crippen LogP contribution in [0.5, 0.6) is 0 Å². The van der Waals surface area contributed by atoms with Crippen LogP contribution in [0.3, 0.4) is 0 Å². The fourth-order valence-corrected chi connectivity index (χ4v) is 3.13. The van der Waals surface area contributed by atoms with Gasteiger partial charge in [-0.15, -0.1) is 0 Å². The highest BCUT2D eigenvalue weighted by Crippen LogP contribution is 2.38. The average Bonchev–Trinajstić information content (AvgIpc) is 2.34. The van der Waals surface area contributed by atoms with Crippen molar-refractivity contribution in [1.82, 2.24) is 10.2 Å². The van der Waals surface area contributed by atoms with Gasteiger partial charge in [-0.1, -0.05) is 39.0 Å². The maximum absolute atomic E-state index is 3.45. The zero-order chi connectivity index (χ0) is 14.0. The fourth-order valence-electron chi connectivity index (χ4n) is 3.13. The molecule has 2 nitrogen and oxygen atoms in total. The van der Waals surface area contributed by atoms with Crippen LogP contribution in [0.25, 0.3) is 0 Å². The van der Waals surface area contributed by atoms with Crippen LogP contribution in [-0.2, 0) is 0 Å². The third-order valence-electron chi connectivity index (χ3n) is 4.18. The molecule has 1 saturated heterocycles. The van der Waals surface area contributed by atoms with E-state index < -0.39 is 0 Å². The summed E-state index contributed by atoms with van der Waals surface area (Å²) in [6, 6.07) is 7.48. The SMILES string of the molecule is Cc1ccc([C@H](N2CCNCC2)C(C)(C)C)cc1C. The first kappa shape index (κ1) is 14.5. The molecule has 0 bridgehead atoms. The van der Waals surface area contributed by atoms with Crippen molar-refractivity contribution in [3.8, 4) is 0 Å². The molecule has 1 heterocycles. The maximum atomic E-state index is 3.45. The summed E-state index contributed by atoms with van der Waals surface area (Å²) in [5.74, 6) is 0. The molecule has 1 atom stereocenters. The minimum atomic E-state index is 0.263. The molecule has 0 saturated carbocycles. The lowest BCUT2D eigenvalue weighted by atomic mass is 9.80. The highest BCUT2D eigenvalue weighted by atomic mass is 15.2. The molecule has 1 aliphatic rings. The molecule has 1 fully saturated rings. The summed E-state index contributed by atoms with van der Waals surface area (Å²) >= 11 is 0. The van der Waals surface area contributed by atoms with Gasteiger partial charge in [-0.2, -0.15) is 0 Å². The Kier molecular flexibility index (Phi) is 4.32. The lowest BCUT2D eigenvalue weighted by molar-refractivity contribution is 0.0862. The van der Waals surface area contributed by atoms with Gasteiger partial charge in [0, 0.05) is 32.2 Å². The van der Waals surface area contributed by atoms with Crippen molar-refractivity contribution in [3.05, 3.63) is 34.9 Å². The van der Waals surface area contributed by atoms with Gasteiger partial charge in [0.25, 0.3) is 0 Å². The van der Waals surface area contributed by atoms with Crippen LogP contribution in [0.4, 0.5) is 0 Å². The molecule has 0 aromatic heterocycles. The molecule has 106 valence electrons. The highest BCUT2D eigenvalue weighted by Gasteiger charge is 2.32. The monoisotopic (exact) mass is 260 g/mol. The molecule has 1 aromatic rings. The van der Waals surface area contributed by atoms with E-state index in [9.17, 15) is 0 Å². The lowest BCUT2D eigenvalue weighted by Crippen LogP contribution is -2.48. The smallest absolute Gasteiger partial charge is 0.0397 e. The van der Waals surface area contributed by atoms with Crippen LogP contribution in [-0.4, -0.2) is 31.1 Å². The van der Waals surface area contributed by atoms with Gasteiger partial charge in [-0.05, 0) is 36.0 Å². The topological polar surface area (TPSA) is 15.3 Å². The molecule has 2 heteroatoms. The van der Waals surface area contributed by atoms with Crippen molar-refractivity contribution < 1.29 is 0 Å². The Morgan fingerprint density at radius 3 is 2.21 bits per heavy atom. The molecular formula is C17H28N2. The maximum Gasteiger partial charge on any atom is 0.0397 e. The third kappa shape index (κ3) is 3.37. The second-order valence-corrected chi connectivity index (χ2v) is 6.90. The molecule has 0 aliphatic carbocycles. The van der Waals surface area contributed by atoms with Crippen molar-refractivity contribution in [3.63, 3.8) is 0 Å². The Morgan fingerprint density at radius 2 is 1.68 bits per heavy atom. The first-order valence-electron chi connectivity index (χ1n) is 7.41. The minimum Gasteiger partial charge on any atom is -0.314 e. The molecule has 0 amide bonds. The summed E-state index contributed by atoms with van der Waals surface area (Å²) in [7, 11) is 0. The van der Waals surface area contributed by atoms with Crippen molar-refractivity contribution in [2.75, 3.05) is 26.2 Å². The number of nitrogens with zero attached hydrogens (tertiary/aromatic N) is 1. The van der Waals surface area contributed by atoms with E-state index in [1.807, 2.05) is 0 Å². The zero-order valence-corrected chi connectivity index (χ0v) is 13.1. The van der Waals surface area contributed by atoms with Crippen LogP contribution in [0.1, 0.15) is 43.5 Å². The molecule has 0 unspecified atom stereocenters. The van der Waals surface area contributed by atoms with E-state index in [-0.39, 0.29) is 5.41 Å². The molecule has 1 aliphatic heterocycles. The van der Waals surface area contributed by atoms with Crippen LogP contribution < -0.4 is 5.32 Å². The van der Waals surface area contributed by atoms with Gasteiger partial charge in [0.2, 0.25) is 0 Å². The van der Waals surface area contributed by atoms with Crippen LogP contribution >= 0.6 is 0 Å². The van der Waals surface area contributed by atoms with E-state index >= 15 is 0 Å². The number of hydrogen-bond donors (Lipinski definition) is 1. The zero-order valence-electron chi connectivity index (χ0n) is 13.1. The van der Waals surface area contributed by atoms with Gasteiger partial charge in [0.05, 0.1) is 0 Å². The van der Waals surface area contributed by atoms with Gasteiger partial charge in [0.1, 0.15) is 0 Å². The van der Waals surface area contributed by atoms with E-state index in [0.29, 0.717) is 6.04 Å². The predicted molar refractivity (Wildman–Crippen MR) is 82.6 cm³/mol. The van der Waals surface area contributed by atoms with Gasteiger partial charge in [-0.25, -0.2) is 0 Å². The average molecular weight is 260 g/mol. The highest BCUT2D eigenvalue weighted by molar-refractivity contribution is 5.32. The molecule has 0 radical (unpaired) electrons. The molecular weight excluding hydrogens is 232 g/mol. The standard InChI is InChI=1S/C17H28N2/c1-13-6-7-15(12-14(13)2)16(17(3,4)5)19-10-8-18-9-11-19/h6-7,12,16,18H,8-11H2,1-5H3/t16-/m0/s1. The number of nitrogens with one attached hydrogen (secondary N) is 1. The Hall–Kier alpha value is -0.860. The Balaban J connectivity index is 2.33. The van der Waals surface area contributed by atoms with Crippen molar-refractivity contribution in [2.45, 2.75) is 40.7 Å². The predicted octanol–water partition coefficient (Wildman–Crippen LogP) is 3.30. The van der Waals surface area contributed by atoms with Gasteiger partial charge in [0.15, 0.2) is 0 Å². The molecule has 1 N–H and O–H groups in total. The minimum absolute atomic E-state index is 0.263. The first-order valence-corrected chi connectivity index (χ1v) is 7.41. The van der Waals surface area contributed by atoms with Crippen molar-refractivity contribution in [2.24, 2.45) is 5.41 Å². The Labute approximate surface area is 118 Å². The summed E-state index contributed by atoms with van der Waals surface area (Å²) in [6.07, 6.45) is 0. The summed E-state index contributed by atoms with van der Waals surface area (Å²) in [5, 5.41) is 3.45. The summed E-state index contributed by atoms with van der Waals surface area (Å²) in [4.78, 5) is 2.64. The number of piperazine rings is 1. The van der Waals surface area contributed by atoms with E-state index in [2.05, 4.69) is 63.0 Å². The number of rotatable bonds is 2. The molecule has 1 aromatic carbocycles. The molecule has 2 rings (SSSR count). The summed E-state index contributed by atoms with van der Waals surface area (Å²) < 4.78 is 0. The van der Waals surface area contributed by atoms with E-state index in [1.54, 1.807) is 0 Å². The van der Waals surface area contributed by atoms with Crippen molar-refractivity contribution in [1.29, 1.82) is 0 Å². The molecule has 19 heavy (non-hydrogen) atoms. The normalized spacial score (nSPS) is 19.4. The third-order valence-corrected chi connectivity index (χ3v) is 4.18. The van der Waals surface area contributed by atoms with Crippen LogP contribution in [0.2, 0.25) is 0 Å². The summed E-state index contributed by atoms with van der Waals surface area (Å²) in [5.41, 5.74) is 4.52. The van der Waals surface area contributed by atoms with Gasteiger partial charge >= 0.3 is 0 Å². The van der Waals surface area contributed by atoms with E-state index in [4.69, 9.17) is 0 Å². The fraction of sp³-hybridized carbons (Fsp3) is 0.647. The second-order valence-electron chi connectivity index (χ2n) is 6.90. The van der Waals surface area contributed by atoms with Crippen molar-refractivity contribution >= 4 is 0 Å². The number of hydrogen-bond acceptors (Lipinski definition) is 2. The molecule has 0 spiro atoms. The summed E-state index contributed by atoms with van der Waals surface area (Å²) in [6.45, 7) is 16.0. The van der Waals surface area contributed by atoms with Crippen LogP contribution in [0, 0.1) is 19.3 Å². The largest absolute Gasteiger partial charge is 0.314 e.